The van der Waals surface area contributed by atoms with Crippen LogP contribution in [0.25, 0.3) is 0 Å². The molecular weight excluding hydrogens is 146 g/mol. The minimum Gasteiger partial charge on any atom is -0.313 e. The Morgan fingerprint density at radius 2 is 1.83 bits per heavy atom. The first kappa shape index (κ1) is 11.7. The SMILES string of the molecule is CC.CC(C)(C)C1=CCCNC1. The Kier molecular flexibility index (Phi) is 5.23. The van der Waals surface area contributed by atoms with Crippen molar-refractivity contribution in [1.82, 2.24) is 5.32 Å². The highest BCUT2D eigenvalue weighted by Gasteiger charge is 2.17. The summed E-state index contributed by atoms with van der Waals surface area (Å²) in [6.07, 6.45) is 3.57. The molecule has 1 heteroatoms. The van der Waals surface area contributed by atoms with Gasteiger partial charge in [-0.2, -0.15) is 0 Å². The van der Waals surface area contributed by atoms with Crippen LogP contribution in [0, 0.1) is 5.41 Å². The maximum absolute atomic E-state index is 3.37. The van der Waals surface area contributed by atoms with Gasteiger partial charge in [0.25, 0.3) is 0 Å². The molecule has 0 radical (unpaired) electrons. The predicted octanol–water partition coefficient (Wildman–Crippen LogP) is 2.98. The zero-order chi connectivity index (χ0) is 9.61. The monoisotopic (exact) mass is 169 g/mol. The van der Waals surface area contributed by atoms with Crippen molar-refractivity contribution in [2.75, 3.05) is 13.1 Å². The minimum absolute atomic E-state index is 0.368. The van der Waals surface area contributed by atoms with E-state index in [2.05, 4.69) is 32.2 Å². The molecule has 0 amide bonds. The second-order valence-corrected chi connectivity index (χ2v) is 3.94. The second kappa shape index (κ2) is 5.36. The van der Waals surface area contributed by atoms with E-state index in [9.17, 15) is 0 Å². The van der Waals surface area contributed by atoms with Crippen LogP contribution in [0.5, 0.6) is 0 Å². The average Bonchev–Trinajstić information content (AvgIpc) is 2.08. The summed E-state index contributed by atoms with van der Waals surface area (Å²) in [5.41, 5.74) is 1.92. The van der Waals surface area contributed by atoms with E-state index in [1.807, 2.05) is 13.8 Å². The van der Waals surface area contributed by atoms with Gasteiger partial charge in [0.1, 0.15) is 0 Å². The summed E-state index contributed by atoms with van der Waals surface area (Å²) < 4.78 is 0. The Balaban J connectivity index is 0.000000561. The molecule has 0 fully saturated rings. The second-order valence-electron chi connectivity index (χ2n) is 3.94. The van der Waals surface area contributed by atoms with Gasteiger partial charge in [0, 0.05) is 6.54 Å². The molecule has 0 aliphatic carbocycles. The number of hydrogen-bond acceptors (Lipinski definition) is 1. The molecule has 1 rings (SSSR count). The average molecular weight is 169 g/mol. The van der Waals surface area contributed by atoms with E-state index in [0.717, 1.165) is 13.1 Å². The van der Waals surface area contributed by atoms with Gasteiger partial charge in [-0.3, -0.25) is 0 Å². The molecule has 1 aliphatic heterocycles. The molecule has 0 bridgehead atoms. The van der Waals surface area contributed by atoms with Crippen LogP contribution in [0.1, 0.15) is 41.0 Å². The summed E-state index contributed by atoms with van der Waals surface area (Å²) >= 11 is 0. The van der Waals surface area contributed by atoms with Gasteiger partial charge in [-0.25, -0.2) is 0 Å². The Morgan fingerprint density at radius 1 is 1.25 bits per heavy atom. The summed E-state index contributed by atoms with van der Waals surface area (Å²) in [5.74, 6) is 0. The van der Waals surface area contributed by atoms with Gasteiger partial charge in [0.2, 0.25) is 0 Å². The van der Waals surface area contributed by atoms with E-state index < -0.39 is 0 Å². The lowest BCUT2D eigenvalue weighted by atomic mass is 9.85. The van der Waals surface area contributed by atoms with E-state index >= 15 is 0 Å². The molecule has 0 aromatic carbocycles. The molecule has 0 saturated heterocycles. The highest BCUT2D eigenvalue weighted by molar-refractivity contribution is 5.14. The molecule has 12 heavy (non-hydrogen) atoms. The summed E-state index contributed by atoms with van der Waals surface area (Å²) in [7, 11) is 0. The largest absolute Gasteiger partial charge is 0.313 e. The summed E-state index contributed by atoms with van der Waals surface area (Å²) in [6, 6.07) is 0. The van der Waals surface area contributed by atoms with Crippen LogP contribution in [0.15, 0.2) is 11.6 Å². The standard InChI is InChI=1S/C9H17N.C2H6/c1-9(2,3)8-5-4-6-10-7-8;1-2/h5,10H,4,6-7H2,1-3H3;1-2H3. The van der Waals surface area contributed by atoms with E-state index in [0.29, 0.717) is 5.41 Å². The first-order valence-corrected chi connectivity index (χ1v) is 5.01. The Morgan fingerprint density at radius 3 is 2.08 bits per heavy atom. The van der Waals surface area contributed by atoms with Crippen molar-refractivity contribution in [1.29, 1.82) is 0 Å². The van der Waals surface area contributed by atoms with Crippen LogP contribution in [0.3, 0.4) is 0 Å². The lowest BCUT2D eigenvalue weighted by molar-refractivity contribution is 0.466. The zero-order valence-corrected chi connectivity index (χ0v) is 9.20. The molecule has 1 heterocycles. The normalized spacial score (nSPS) is 17.6. The number of nitrogens with one attached hydrogen (secondary N) is 1. The third-order valence-electron chi connectivity index (χ3n) is 1.99. The summed E-state index contributed by atoms with van der Waals surface area (Å²) in [5, 5.41) is 3.37. The lowest BCUT2D eigenvalue weighted by Crippen LogP contribution is -2.28. The van der Waals surface area contributed by atoms with Crippen molar-refractivity contribution < 1.29 is 0 Å². The van der Waals surface area contributed by atoms with Crippen LogP contribution in [-0.4, -0.2) is 13.1 Å². The van der Waals surface area contributed by atoms with Crippen molar-refractivity contribution in [2.45, 2.75) is 41.0 Å². The van der Waals surface area contributed by atoms with Gasteiger partial charge < -0.3 is 5.32 Å². The van der Waals surface area contributed by atoms with Crippen LogP contribution in [-0.2, 0) is 0 Å². The van der Waals surface area contributed by atoms with Crippen molar-refractivity contribution in [3.63, 3.8) is 0 Å². The first-order chi connectivity index (χ1) is 5.61. The Labute approximate surface area is 77.2 Å². The fourth-order valence-electron chi connectivity index (χ4n) is 1.22. The maximum atomic E-state index is 3.37. The van der Waals surface area contributed by atoms with E-state index in [-0.39, 0.29) is 0 Å². The summed E-state index contributed by atoms with van der Waals surface area (Å²) in [4.78, 5) is 0. The van der Waals surface area contributed by atoms with Crippen molar-refractivity contribution >= 4 is 0 Å². The van der Waals surface area contributed by atoms with Crippen LogP contribution in [0.2, 0.25) is 0 Å². The predicted molar refractivity (Wildman–Crippen MR) is 56.4 cm³/mol. The third-order valence-corrected chi connectivity index (χ3v) is 1.99. The van der Waals surface area contributed by atoms with Gasteiger partial charge in [-0.05, 0) is 18.4 Å². The van der Waals surface area contributed by atoms with Crippen molar-refractivity contribution in [3.05, 3.63) is 11.6 Å². The minimum atomic E-state index is 0.368. The van der Waals surface area contributed by atoms with Crippen molar-refractivity contribution in [2.24, 2.45) is 5.41 Å². The quantitative estimate of drug-likeness (QED) is 0.550. The molecular formula is C11H23N. The molecule has 72 valence electrons. The highest BCUT2D eigenvalue weighted by atomic mass is 14.9. The summed E-state index contributed by atoms with van der Waals surface area (Å²) in [6.45, 7) is 13.0. The molecule has 0 unspecified atom stereocenters. The lowest BCUT2D eigenvalue weighted by Gasteiger charge is -2.26. The molecule has 0 aromatic rings. The smallest absolute Gasteiger partial charge is 0.0169 e. The van der Waals surface area contributed by atoms with Crippen molar-refractivity contribution in [3.8, 4) is 0 Å². The topological polar surface area (TPSA) is 12.0 Å². The highest BCUT2D eigenvalue weighted by Crippen LogP contribution is 2.25. The Hall–Kier alpha value is -0.300. The fourth-order valence-corrected chi connectivity index (χ4v) is 1.22. The zero-order valence-electron chi connectivity index (χ0n) is 9.20. The number of rotatable bonds is 0. The van der Waals surface area contributed by atoms with Gasteiger partial charge in [0.15, 0.2) is 0 Å². The van der Waals surface area contributed by atoms with Crippen LogP contribution >= 0.6 is 0 Å². The van der Waals surface area contributed by atoms with E-state index in [4.69, 9.17) is 0 Å². The van der Waals surface area contributed by atoms with Gasteiger partial charge in [0.05, 0.1) is 0 Å². The molecule has 0 atom stereocenters. The van der Waals surface area contributed by atoms with Crippen LogP contribution in [0.4, 0.5) is 0 Å². The molecule has 0 aromatic heterocycles. The Bertz CT molecular complexity index is 140. The molecule has 0 spiro atoms. The molecule has 0 saturated carbocycles. The molecule has 1 nitrogen and oxygen atoms in total. The first-order valence-electron chi connectivity index (χ1n) is 5.01. The van der Waals surface area contributed by atoms with Gasteiger partial charge in [-0.1, -0.05) is 46.3 Å². The van der Waals surface area contributed by atoms with Gasteiger partial charge in [-0.15, -0.1) is 0 Å². The molecule has 1 N–H and O–H groups in total. The van der Waals surface area contributed by atoms with Gasteiger partial charge >= 0.3 is 0 Å². The van der Waals surface area contributed by atoms with E-state index in [1.165, 1.54) is 6.42 Å². The van der Waals surface area contributed by atoms with E-state index in [1.54, 1.807) is 5.57 Å². The molecule has 1 aliphatic rings. The number of hydrogen-bond donors (Lipinski definition) is 1. The third kappa shape index (κ3) is 3.91. The fraction of sp³-hybridized carbons (Fsp3) is 0.818. The maximum Gasteiger partial charge on any atom is 0.0169 e. The van der Waals surface area contributed by atoms with Crippen LogP contribution < -0.4 is 5.32 Å².